The summed E-state index contributed by atoms with van der Waals surface area (Å²) in [5.74, 6) is 0.296. The van der Waals surface area contributed by atoms with Crippen LogP contribution in [0.15, 0.2) is 54.6 Å². The number of nitrogens with zero attached hydrogens (tertiary/aromatic N) is 2. The van der Waals surface area contributed by atoms with Crippen molar-refractivity contribution in [2.75, 3.05) is 24.5 Å². The maximum atomic E-state index is 12.6. The van der Waals surface area contributed by atoms with Crippen molar-refractivity contribution in [1.82, 2.24) is 4.90 Å². The van der Waals surface area contributed by atoms with E-state index in [1.165, 1.54) is 5.56 Å². The molecule has 1 heterocycles. The summed E-state index contributed by atoms with van der Waals surface area (Å²) >= 11 is 0. The summed E-state index contributed by atoms with van der Waals surface area (Å²) in [6.07, 6.45) is 1.29. The van der Waals surface area contributed by atoms with E-state index in [1.807, 2.05) is 66.4 Å². The summed E-state index contributed by atoms with van der Waals surface area (Å²) in [7, 11) is 0. The van der Waals surface area contributed by atoms with Crippen molar-refractivity contribution >= 4 is 17.4 Å². The lowest BCUT2D eigenvalue weighted by Gasteiger charge is -2.39. The van der Waals surface area contributed by atoms with E-state index in [-0.39, 0.29) is 17.7 Å². The minimum atomic E-state index is 0.126. The van der Waals surface area contributed by atoms with Crippen LogP contribution in [0, 0.1) is 6.92 Å². The maximum Gasteiger partial charge on any atom is 0.241 e. The van der Waals surface area contributed by atoms with Gasteiger partial charge in [-0.2, -0.15) is 0 Å². The highest BCUT2D eigenvalue weighted by atomic mass is 16.2. The molecule has 0 saturated carbocycles. The monoisotopic (exact) mass is 350 g/mol. The van der Waals surface area contributed by atoms with Crippen LogP contribution in [-0.4, -0.2) is 42.3 Å². The van der Waals surface area contributed by atoms with Crippen molar-refractivity contribution in [3.8, 4) is 0 Å². The summed E-state index contributed by atoms with van der Waals surface area (Å²) in [4.78, 5) is 28.8. The van der Waals surface area contributed by atoms with E-state index in [0.29, 0.717) is 19.5 Å². The van der Waals surface area contributed by atoms with Gasteiger partial charge in [-0.3, -0.25) is 14.5 Å². The first-order chi connectivity index (χ1) is 12.5. The second-order valence-electron chi connectivity index (χ2n) is 7.05. The number of carbonyl (C=O) groups is 2. The Morgan fingerprint density at radius 3 is 2.46 bits per heavy atom. The SMILES string of the molecule is Cc1ccc(N2C[C@@H](C)N(CCCC(=O)c3ccccc3)CC2=O)cc1. The number of ketones is 1. The number of amides is 1. The number of carbonyl (C=O) groups excluding carboxylic acids is 2. The molecule has 1 fully saturated rings. The molecule has 1 amide bonds. The zero-order valence-corrected chi connectivity index (χ0v) is 15.5. The number of hydrogen-bond acceptors (Lipinski definition) is 3. The summed E-state index contributed by atoms with van der Waals surface area (Å²) in [5, 5.41) is 0. The standard InChI is InChI=1S/C22H26N2O2/c1-17-10-12-20(13-11-17)24-15-18(2)23(16-22(24)26)14-6-9-21(25)19-7-4-3-5-8-19/h3-5,7-8,10-13,18H,6,9,14-16H2,1-2H3/t18-/m1/s1. The van der Waals surface area contributed by atoms with Gasteiger partial charge in [0.25, 0.3) is 0 Å². The number of piperazine rings is 1. The summed E-state index contributed by atoms with van der Waals surface area (Å²) in [6.45, 7) is 6.06. The second-order valence-corrected chi connectivity index (χ2v) is 7.05. The third-order valence-electron chi connectivity index (χ3n) is 5.00. The minimum Gasteiger partial charge on any atom is -0.310 e. The first-order valence-electron chi connectivity index (χ1n) is 9.24. The molecular weight excluding hydrogens is 324 g/mol. The minimum absolute atomic E-state index is 0.126. The molecule has 2 aromatic rings. The molecule has 3 rings (SSSR count). The molecular formula is C22H26N2O2. The van der Waals surface area contributed by atoms with Gasteiger partial charge in [0.05, 0.1) is 6.54 Å². The summed E-state index contributed by atoms with van der Waals surface area (Å²) in [5.41, 5.74) is 2.92. The number of benzene rings is 2. The van der Waals surface area contributed by atoms with Crippen LogP contribution in [-0.2, 0) is 4.79 Å². The Labute approximate surface area is 155 Å². The number of aryl methyl sites for hydroxylation is 1. The van der Waals surface area contributed by atoms with Crippen LogP contribution in [0.4, 0.5) is 5.69 Å². The third kappa shape index (κ3) is 4.38. The fourth-order valence-corrected chi connectivity index (χ4v) is 3.38. The molecule has 0 aliphatic carbocycles. The molecule has 0 radical (unpaired) electrons. The molecule has 0 bridgehead atoms. The molecule has 26 heavy (non-hydrogen) atoms. The molecule has 1 saturated heterocycles. The first kappa shape index (κ1) is 18.3. The van der Waals surface area contributed by atoms with Gasteiger partial charge in [-0.25, -0.2) is 0 Å². The van der Waals surface area contributed by atoms with E-state index < -0.39 is 0 Å². The highest BCUT2D eigenvalue weighted by molar-refractivity contribution is 5.96. The van der Waals surface area contributed by atoms with Crippen LogP contribution < -0.4 is 4.90 Å². The fraction of sp³-hybridized carbons (Fsp3) is 0.364. The van der Waals surface area contributed by atoms with E-state index in [4.69, 9.17) is 0 Å². The van der Waals surface area contributed by atoms with Gasteiger partial charge < -0.3 is 4.90 Å². The highest BCUT2D eigenvalue weighted by Crippen LogP contribution is 2.21. The number of Topliss-reactive ketones (excluding diaryl/α,β-unsaturated/α-hetero) is 1. The van der Waals surface area contributed by atoms with Gasteiger partial charge in [-0.1, -0.05) is 48.0 Å². The fourth-order valence-electron chi connectivity index (χ4n) is 3.38. The van der Waals surface area contributed by atoms with Gasteiger partial charge in [-0.15, -0.1) is 0 Å². The van der Waals surface area contributed by atoms with Crippen molar-refractivity contribution in [3.05, 3.63) is 65.7 Å². The van der Waals surface area contributed by atoms with Gasteiger partial charge in [-0.05, 0) is 38.9 Å². The van der Waals surface area contributed by atoms with Crippen LogP contribution in [0.2, 0.25) is 0 Å². The van der Waals surface area contributed by atoms with Gasteiger partial charge in [0.2, 0.25) is 5.91 Å². The molecule has 1 atom stereocenters. The van der Waals surface area contributed by atoms with Crippen molar-refractivity contribution in [2.24, 2.45) is 0 Å². The van der Waals surface area contributed by atoms with E-state index in [1.54, 1.807) is 0 Å². The van der Waals surface area contributed by atoms with Gasteiger partial charge in [0.1, 0.15) is 0 Å². The van der Waals surface area contributed by atoms with Crippen LogP contribution in [0.1, 0.15) is 35.7 Å². The number of hydrogen-bond donors (Lipinski definition) is 0. The summed E-state index contributed by atoms with van der Waals surface area (Å²) in [6, 6.07) is 17.8. The van der Waals surface area contributed by atoms with Gasteiger partial charge >= 0.3 is 0 Å². The molecule has 1 aliphatic rings. The van der Waals surface area contributed by atoms with Crippen molar-refractivity contribution in [1.29, 1.82) is 0 Å². The van der Waals surface area contributed by atoms with Crippen LogP contribution in [0.3, 0.4) is 0 Å². The number of rotatable bonds is 6. The zero-order valence-electron chi connectivity index (χ0n) is 15.5. The summed E-state index contributed by atoms with van der Waals surface area (Å²) < 4.78 is 0. The Hall–Kier alpha value is -2.46. The zero-order chi connectivity index (χ0) is 18.5. The topological polar surface area (TPSA) is 40.6 Å². The lowest BCUT2D eigenvalue weighted by Crippen LogP contribution is -2.55. The van der Waals surface area contributed by atoms with Gasteiger partial charge in [0, 0.05) is 30.3 Å². The molecule has 0 aromatic heterocycles. The predicted octanol–water partition coefficient (Wildman–Crippen LogP) is 3.70. The Balaban J connectivity index is 1.52. The van der Waals surface area contributed by atoms with Crippen LogP contribution in [0.25, 0.3) is 0 Å². The largest absolute Gasteiger partial charge is 0.310 e. The quantitative estimate of drug-likeness (QED) is 0.746. The lowest BCUT2D eigenvalue weighted by atomic mass is 10.1. The number of anilines is 1. The maximum absolute atomic E-state index is 12.6. The Bertz CT molecular complexity index is 755. The van der Waals surface area contributed by atoms with E-state index in [2.05, 4.69) is 11.8 Å². The molecule has 2 aromatic carbocycles. The predicted molar refractivity (Wildman–Crippen MR) is 105 cm³/mol. The first-order valence-corrected chi connectivity index (χ1v) is 9.24. The van der Waals surface area contributed by atoms with E-state index in [9.17, 15) is 9.59 Å². The highest BCUT2D eigenvalue weighted by Gasteiger charge is 2.29. The lowest BCUT2D eigenvalue weighted by molar-refractivity contribution is -0.122. The van der Waals surface area contributed by atoms with Crippen molar-refractivity contribution < 1.29 is 9.59 Å². The average molecular weight is 350 g/mol. The molecule has 4 nitrogen and oxygen atoms in total. The van der Waals surface area contributed by atoms with Crippen LogP contribution >= 0.6 is 0 Å². The molecule has 0 N–H and O–H groups in total. The Morgan fingerprint density at radius 1 is 1.08 bits per heavy atom. The molecule has 1 aliphatic heterocycles. The molecule has 0 spiro atoms. The molecule has 136 valence electrons. The average Bonchev–Trinajstić information content (AvgIpc) is 2.65. The molecule has 0 unspecified atom stereocenters. The Kier molecular flexibility index (Phi) is 5.84. The Morgan fingerprint density at radius 2 is 1.77 bits per heavy atom. The molecule has 4 heteroatoms. The second kappa shape index (κ2) is 8.28. The van der Waals surface area contributed by atoms with Crippen LogP contribution in [0.5, 0.6) is 0 Å². The normalized spacial score (nSPS) is 18.2. The van der Waals surface area contributed by atoms with E-state index >= 15 is 0 Å². The van der Waals surface area contributed by atoms with Crippen molar-refractivity contribution in [3.63, 3.8) is 0 Å². The van der Waals surface area contributed by atoms with E-state index in [0.717, 1.165) is 24.2 Å². The van der Waals surface area contributed by atoms with Gasteiger partial charge in [0.15, 0.2) is 5.78 Å². The van der Waals surface area contributed by atoms with Crippen molar-refractivity contribution in [2.45, 2.75) is 32.7 Å². The smallest absolute Gasteiger partial charge is 0.241 e. The third-order valence-corrected chi connectivity index (χ3v) is 5.00.